The van der Waals surface area contributed by atoms with Crippen molar-refractivity contribution in [2.45, 2.75) is 84.2 Å². The van der Waals surface area contributed by atoms with Crippen molar-refractivity contribution in [1.82, 2.24) is 0 Å². The molecule has 0 atom stereocenters. The minimum Gasteiger partial charge on any atom is -0.417 e. The topological polar surface area (TPSA) is 9.23 Å². The van der Waals surface area contributed by atoms with E-state index in [0.29, 0.717) is 0 Å². The molecule has 0 bridgehead atoms. The molecule has 0 spiro atoms. The van der Waals surface area contributed by atoms with Crippen LogP contribution in [0.25, 0.3) is 0 Å². The molecular formula is C14H31OSi. The van der Waals surface area contributed by atoms with Crippen LogP contribution in [0.4, 0.5) is 0 Å². The zero-order chi connectivity index (χ0) is 12.1. The Labute approximate surface area is 105 Å². The molecule has 2 heteroatoms. The van der Waals surface area contributed by atoms with Crippen molar-refractivity contribution in [2.75, 3.05) is 6.61 Å². The van der Waals surface area contributed by atoms with Crippen LogP contribution in [0, 0.1) is 0 Å². The van der Waals surface area contributed by atoms with Crippen LogP contribution in [0.2, 0.25) is 12.1 Å². The first-order chi connectivity index (χ1) is 7.85. The van der Waals surface area contributed by atoms with Crippen LogP contribution in [0.15, 0.2) is 0 Å². The molecular weight excluding hydrogens is 212 g/mol. The minimum absolute atomic E-state index is 0.462. The Bertz CT molecular complexity index is 104. The van der Waals surface area contributed by atoms with Gasteiger partial charge >= 0.3 is 0 Å². The first kappa shape index (κ1) is 16.2. The molecule has 0 amide bonds. The van der Waals surface area contributed by atoms with Crippen molar-refractivity contribution in [3.8, 4) is 0 Å². The molecule has 0 N–H and O–H groups in total. The highest BCUT2D eigenvalue weighted by molar-refractivity contribution is 6.51. The van der Waals surface area contributed by atoms with Gasteiger partial charge < -0.3 is 4.43 Å². The highest BCUT2D eigenvalue weighted by Gasteiger charge is 2.11. The Hall–Kier alpha value is 0.177. The standard InChI is InChI=1S/C14H31OSi/c1-4-7-10-13-16(14-11-8-5-2)15-12-9-6-3/h4-14H2,1-3H3. The molecule has 0 aliphatic rings. The Morgan fingerprint density at radius 2 is 1.19 bits per heavy atom. The van der Waals surface area contributed by atoms with Crippen LogP contribution in [-0.2, 0) is 4.43 Å². The second-order valence-corrected chi connectivity index (χ2v) is 7.02. The first-order valence-corrected chi connectivity index (χ1v) is 9.14. The predicted octanol–water partition coefficient (Wildman–Crippen LogP) is 5.18. The van der Waals surface area contributed by atoms with Gasteiger partial charge in [0.05, 0.1) is 0 Å². The molecule has 0 aliphatic heterocycles. The Balaban J connectivity index is 3.58. The lowest BCUT2D eigenvalue weighted by atomic mass is 10.3. The molecule has 0 heterocycles. The normalized spacial score (nSPS) is 11.2. The number of rotatable bonds is 12. The van der Waals surface area contributed by atoms with Crippen molar-refractivity contribution >= 4 is 9.04 Å². The van der Waals surface area contributed by atoms with Gasteiger partial charge in [-0.3, -0.25) is 0 Å². The molecule has 0 aromatic carbocycles. The molecule has 0 saturated heterocycles. The van der Waals surface area contributed by atoms with E-state index in [0.717, 1.165) is 6.61 Å². The Morgan fingerprint density at radius 3 is 1.62 bits per heavy atom. The smallest absolute Gasteiger partial charge is 0.211 e. The molecule has 16 heavy (non-hydrogen) atoms. The summed E-state index contributed by atoms with van der Waals surface area (Å²) >= 11 is 0. The van der Waals surface area contributed by atoms with Crippen LogP contribution in [0.3, 0.4) is 0 Å². The summed E-state index contributed by atoms with van der Waals surface area (Å²) < 4.78 is 6.08. The van der Waals surface area contributed by atoms with Gasteiger partial charge in [0.25, 0.3) is 0 Å². The van der Waals surface area contributed by atoms with E-state index in [1.807, 2.05) is 0 Å². The van der Waals surface area contributed by atoms with Crippen molar-refractivity contribution in [1.29, 1.82) is 0 Å². The van der Waals surface area contributed by atoms with Crippen LogP contribution < -0.4 is 0 Å². The molecule has 0 saturated carbocycles. The molecule has 0 rings (SSSR count). The highest BCUT2D eigenvalue weighted by Crippen LogP contribution is 2.13. The lowest BCUT2D eigenvalue weighted by Gasteiger charge is -2.15. The average molecular weight is 243 g/mol. The fourth-order valence-corrected chi connectivity index (χ4v) is 4.03. The lowest BCUT2D eigenvalue weighted by molar-refractivity contribution is 0.307. The fourth-order valence-electron chi connectivity index (χ4n) is 1.77. The number of unbranched alkanes of at least 4 members (excludes halogenated alkanes) is 5. The largest absolute Gasteiger partial charge is 0.417 e. The summed E-state index contributed by atoms with van der Waals surface area (Å²) in [6.07, 6.45) is 10.7. The zero-order valence-electron chi connectivity index (χ0n) is 11.7. The third-order valence-electron chi connectivity index (χ3n) is 2.92. The van der Waals surface area contributed by atoms with E-state index in [1.54, 1.807) is 0 Å². The molecule has 0 aliphatic carbocycles. The Morgan fingerprint density at radius 1 is 0.688 bits per heavy atom. The SMILES string of the molecule is CCCCC[Si](CCCCC)OCCCC. The molecule has 0 fully saturated rings. The number of hydrogen-bond donors (Lipinski definition) is 0. The van der Waals surface area contributed by atoms with Crippen molar-refractivity contribution in [3.63, 3.8) is 0 Å². The summed E-state index contributed by atoms with van der Waals surface area (Å²) in [6, 6.07) is 2.76. The van der Waals surface area contributed by atoms with Crippen molar-refractivity contribution in [3.05, 3.63) is 0 Å². The predicted molar refractivity (Wildman–Crippen MR) is 75.3 cm³/mol. The van der Waals surface area contributed by atoms with Gasteiger partial charge in [0.2, 0.25) is 9.04 Å². The van der Waals surface area contributed by atoms with Gasteiger partial charge in [-0.15, -0.1) is 0 Å². The summed E-state index contributed by atoms with van der Waals surface area (Å²) in [4.78, 5) is 0. The van der Waals surface area contributed by atoms with E-state index in [9.17, 15) is 0 Å². The maximum Gasteiger partial charge on any atom is 0.211 e. The monoisotopic (exact) mass is 243 g/mol. The van der Waals surface area contributed by atoms with Crippen LogP contribution >= 0.6 is 0 Å². The molecule has 0 aromatic heterocycles. The van der Waals surface area contributed by atoms with Gasteiger partial charge in [0.15, 0.2) is 0 Å². The fraction of sp³-hybridized carbons (Fsp3) is 1.00. The van der Waals surface area contributed by atoms with Crippen LogP contribution in [0.5, 0.6) is 0 Å². The third kappa shape index (κ3) is 10.7. The van der Waals surface area contributed by atoms with E-state index in [4.69, 9.17) is 4.43 Å². The van der Waals surface area contributed by atoms with E-state index in [-0.39, 0.29) is 0 Å². The van der Waals surface area contributed by atoms with E-state index in [1.165, 1.54) is 63.5 Å². The highest BCUT2D eigenvalue weighted by atomic mass is 28.3. The molecule has 0 unspecified atom stereocenters. The summed E-state index contributed by atoms with van der Waals surface area (Å²) in [6.45, 7) is 7.82. The van der Waals surface area contributed by atoms with E-state index < -0.39 is 9.04 Å². The quantitative estimate of drug-likeness (QED) is 0.339. The van der Waals surface area contributed by atoms with Gasteiger partial charge in [-0.25, -0.2) is 0 Å². The maximum absolute atomic E-state index is 6.08. The second kappa shape index (κ2) is 13.2. The number of hydrogen-bond acceptors (Lipinski definition) is 1. The van der Waals surface area contributed by atoms with Crippen molar-refractivity contribution < 1.29 is 4.43 Å². The minimum atomic E-state index is -0.462. The third-order valence-corrected chi connectivity index (χ3v) is 5.36. The summed E-state index contributed by atoms with van der Waals surface area (Å²) in [5, 5.41) is 0. The molecule has 1 radical (unpaired) electrons. The van der Waals surface area contributed by atoms with Crippen molar-refractivity contribution in [2.24, 2.45) is 0 Å². The Kier molecular flexibility index (Phi) is 13.4. The summed E-state index contributed by atoms with van der Waals surface area (Å²) in [7, 11) is -0.462. The van der Waals surface area contributed by atoms with Gasteiger partial charge in [0.1, 0.15) is 0 Å². The second-order valence-electron chi connectivity index (χ2n) is 4.65. The molecule has 0 aromatic rings. The lowest BCUT2D eigenvalue weighted by Crippen LogP contribution is -2.18. The summed E-state index contributed by atoms with van der Waals surface area (Å²) in [5.74, 6) is 0. The summed E-state index contributed by atoms with van der Waals surface area (Å²) in [5.41, 5.74) is 0. The first-order valence-electron chi connectivity index (χ1n) is 7.32. The van der Waals surface area contributed by atoms with Gasteiger partial charge in [0, 0.05) is 6.61 Å². The van der Waals surface area contributed by atoms with Gasteiger partial charge in [-0.1, -0.05) is 65.7 Å². The van der Waals surface area contributed by atoms with Gasteiger partial charge in [-0.2, -0.15) is 0 Å². The average Bonchev–Trinajstić information content (AvgIpc) is 2.29. The van der Waals surface area contributed by atoms with Crippen LogP contribution in [0.1, 0.15) is 72.1 Å². The van der Waals surface area contributed by atoms with E-state index in [2.05, 4.69) is 20.8 Å². The van der Waals surface area contributed by atoms with E-state index >= 15 is 0 Å². The molecule has 97 valence electrons. The molecule has 1 nitrogen and oxygen atoms in total. The maximum atomic E-state index is 6.08. The zero-order valence-corrected chi connectivity index (χ0v) is 12.7. The van der Waals surface area contributed by atoms with Crippen LogP contribution in [-0.4, -0.2) is 15.6 Å². The van der Waals surface area contributed by atoms with Gasteiger partial charge in [-0.05, 0) is 18.5 Å².